The lowest BCUT2D eigenvalue weighted by Gasteiger charge is -2.24. The third-order valence-electron chi connectivity index (χ3n) is 2.87. The molecule has 4 nitrogen and oxygen atoms in total. The molecular weight excluding hydrogens is 224 g/mol. The van der Waals surface area contributed by atoms with E-state index >= 15 is 0 Å². The number of nitrogens with one attached hydrogen (secondary N) is 1. The summed E-state index contributed by atoms with van der Waals surface area (Å²) in [4.78, 5) is 0. The maximum atomic E-state index is 11.8. The van der Waals surface area contributed by atoms with E-state index in [1.807, 2.05) is 6.07 Å². The van der Waals surface area contributed by atoms with Crippen LogP contribution in [-0.2, 0) is 10.0 Å². The van der Waals surface area contributed by atoms with Crippen molar-refractivity contribution in [2.75, 3.05) is 5.75 Å². The van der Waals surface area contributed by atoms with E-state index in [1.165, 1.54) is 6.42 Å². The summed E-state index contributed by atoms with van der Waals surface area (Å²) in [6.45, 7) is 3.15. The molecule has 0 saturated heterocycles. The van der Waals surface area contributed by atoms with Crippen LogP contribution in [-0.4, -0.2) is 19.7 Å². The predicted octanol–water partition coefficient (Wildman–Crippen LogP) is 1.79. The van der Waals surface area contributed by atoms with Gasteiger partial charge in [0.05, 0.1) is 11.8 Å². The molecule has 0 aromatic carbocycles. The Kier molecular flexibility index (Phi) is 4.34. The fourth-order valence-electron chi connectivity index (χ4n) is 2.12. The Hall–Kier alpha value is -0.600. The standard InChI is InChI=1S/C11H20N2O2S/c1-11(2,9-12)13-16(14,15)8-10-6-4-3-5-7-10/h10,13H,3-8H2,1-2H3. The number of hydrogen-bond donors (Lipinski definition) is 1. The second kappa shape index (κ2) is 5.15. The summed E-state index contributed by atoms with van der Waals surface area (Å²) in [6.07, 6.45) is 5.46. The van der Waals surface area contributed by atoms with Gasteiger partial charge in [0.2, 0.25) is 10.0 Å². The van der Waals surface area contributed by atoms with Crippen LogP contribution in [0.1, 0.15) is 46.0 Å². The average Bonchev–Trinajstić information content (AvgIpc) is 2.17. The molecule has 1 N–H and O–H groups in total. The van der Waals surface area contributed by atoms with Crippen molar-refractivity contribution in [2.45, 2.75) is 51.5 Å². The van der Waals surface area contributed by atoms with Crippen LogP contribution in [0.15, 0.2) is 0 Å². The molecule has 1 rings (SSSR count). The molecule has 0 heterocycles. The molecule has 92 valence electrons. The Morgan fingerprint density at radius 2 is 1.88 bits per heavy atom. The Morgan fingerprint density at radius 1 is 1.31 bits per heavy atom. The molecule has 1 aliphatic carbocycles. The van der Waals surface area contributed by atoms with E-state index in [0.717, 1.165) is 25.7 Å². The summed E-state index contributed by atoms with van der Waals surface area (Å²) in [5, 5.41) is 8.79. The van der Waals surface area contributed by atoms with Crippen LogP contribution in [0.4, 0.5) is 0 Å². The topological polar surface area (TPSA) is 70.0 Å². The van der Waals surface area contributed by atoms with Crippen molar-refractivity contribution in [1.29, 1.82) is 5.26 Å². The zero-order valence-electron chi connectivity index (χ0n) is 9.99. The van der Waals surface area contributed by atoms with Gasteiger partial charge < -0.3 is 0 Å². The molecule has 5 heteroatoms. The van der Waals surface area contributed by atoms with Crippen LogP contribution < -0.4 is 4.72 Å². The van der Waals surface area contributed by atoms with Gasteiger partial charge in [0.15, 0.2) is 0 Å². The van der Waals surface area contributed by atoms with Crippen LogP contribution in [0.2, 0.25) is 0 Å². The molecule has 0 aromatic rings. The number of nitriles is 1. The number of sulfonamides is 1. The second-order valence-corrected chi connectivity index (χ2v) is 6.89. The number of rotatable bonds is 4. The van der Waals surface area contributed by atoms with Crippen LogP contribution in [0.25, 0.3) is 0 Å². The fourth-order valence-corrected chi connectivity index (χ4v) is 3.98. The van der Waals surface area contributed by atoms with Gasteiger partial charge in [0.25, 0.3) is 0 Å². The Morgan fingerprint density at radius 3 is 2.38 bits per heavy atom. The SMILES string of the molecule is CC(C)(C#N)NS(=O)(=O)CC1CCCCC1. The Labute approximate surface area is 98.1 Å². The molecule has 0 spiro atoms. The third kappa shape index (κ3) is 4.50. The first-order chi connectivity index (χ1) is 7.35. The lowest BCUT2D eigenvalue weighted by molar-refractivity contribution is 0.382. The van der Waals surface area contributed by atoms with Gasteiger partial charge in [-0.2, -0.15) is 9.98 Å². The summed E-state index contributed by atoms with van der Waals surface area (Å²) in [6, 6.07) is 1.94. The Balaban J connectivity index is 2.55. The zero-order valence-corrected chi connectivity index (χ0v) is 10.8. The minimum absolute atomic E-state index is 0.165. The molecule has 1 saturated carbocycles. The van der Waals surface area contributed by atoms with E-state index in [1.54, 1.807) is 13.8 Å². The molecule has 0 bridgehead atoms. The quantitative estimate of drug-likeness (QED) is 0.819. The number of hydrogen-bond acceptors (Lipinski definition) is 3. The van der Waals surface area contributed by atoms with Crippen LogP contribution >= 0.6 is 0 Å². The van der Waals surface area contributed by atoms with Crippen LogP contribution in [0, 0.1) is 17.2 Å². The normalized spacial score (nSPS) is 19.3. The summed E-state index contributed by atoms with van der Waals surface area (Å²) in [5.74, 6) is 0.429. The number of nitrogens with zero attached hydrogens (tertiary/aromatic N) is 1. The molecular formula is C11H20N2O2S. The highest BCUT2D eigenvalue weighted by atomic mass is 32.2. The van der Waals surface area contributed by atoms with Crippen molar-refractivity contribution in [3.8, 4) is 6.07 Å². The minimum Gasteiger partial charge on any atom is -0.212 e. The summed E-state index contributed by atoms with van der Waals surface area (Å²) >= 11 is 0. The molecule has 1 aliphatic rings. The maximum Gasteiger partial charge on any atom is 0.213 e. The monoisotopic (exact) mass is 244 g/mol. The Bertz CT molecular complexity index is 362. The van der Waals surface area contributed by atoms with Gasteiger partial charge in [-0.15, -0.1) is 0 Å². The molecule has 1 fully saturated rings. The highest BCUT2D eigenvalue weighted by molar-refractivity contribution is 7.89. The first kappa shape index (κ1) is 13.5. The van der Waals surface area contributed by atoms with Crippen molar-refractivity contribution < 1.29 is 8.42 Å². The van der Waals surface area contributed by atoms with E-state index < -0.39 is 15.6 Å². The van der Waals surface area contributed by atoms with Crippen molar-refractivity contribution in [2.24, 2.45) is 5.92 Å². The molecule has 0 radical (unpaired) electrons. The summed E-state index contributed by atoms with van der Waals surface area (Å²) in [5.41, 5.74) is -1.01. The third-order valence-corrected chi connectivity index (χ3v) is 4.60. The molecule has 0 aromatic heterocycles. The van der Waals surface area contributed by atoms with Crippen molar-refractivity contribution in [1.82, 2.24) is 4.72 Å². The second-order valence-electron chi connectivity index (χ2n) is 5.12. The highest BCUT2D eigenvalue weighted by Gasteiger charge is 2.27. The van der Waals surface area contributed by atoms with E-state index in [4.69, 9.17) is 5.26 Å². The van der Waals surface area contributed by atoms with Crippen molar-refractivity contribution in [3.05, 3.63) is 0 Å². The lowest BCUT2D eigenvalue weighted by Crippen LogP contribution is -2.44. The van der Waals surface area contributed by atoms with Gasteiger partial charge in [-0.1, -0.05) is 19.3 Å². The van der Waals surface area contributed by atoms with Gasteiger partial charge in [-0.3, -0.25) is 0 Å². The largest absolute Gasteiger partial charge is 0.213 e. The zero-order chi connectivity index (χ0) is 12.2. The molecule has 0 atom stereocenters. The van der Waals surface area contributed by atoms with Gasteiger partial charge >= 0.3 is 0 Å². The first-order valence-corrected chi connectivity index (χ1v) is 7.43. The van der Waals surface area contributed by atoms with Gasteiger partial charge in [0, 0.05) is 0 Å². The average molecular weight is 244 g/mol. The van der Waals surface area contributed by atoms with Crippen LogP contribution in [0.3, 0.4) is 0 Å². The molecule has 0 unspecified atom stereocenters. The first-order valence-electron chi connectivity index (χ1n) is 5.77. The summed E-state index contributed by atoms with van der Waals surface area (Å²) < 4.78 is 26.1. The fraction of sp³-hybridized carbons (Fsp3) is 0.909. The van der Waals surface area contributed by atoms with E-state index in [-0.39, 0.29) is 11.7 Å². The molecule has 0 aliphatic heterocycles. The minimum atomic E-state index is -3.32. The smallest absolute Gasteiger partial charge is 0.212 e. The van der Waals surface area contributed by atoms with E-state index in [0.29, 0.717) is 0 Å². The van der Waals surface area contributed by atoms with Crippen LogP contribution in [0.5, 0.6) is 0 Å². The highest BCUT2D eigenvalue weighted by Crippen LogP contribution is 2.24. The maximum absolute atomic E-state index is 11.8. The van der Waals surface area contributed by atoms with Gasteiger partial charge in [-0.25, -0.2) is 8.42 Å². The predicted molar refractivity (Wildman–Crippen MR) is 63.2 cm³/mol. The molecule has 16 heavy (non-hydrogen) atoms. The molecule has 0 amide bonds. The van der Waals surface area contributed by atoms with Gasteiger partial charge in [0.1, 0.15) is 5.54 Å². The van der Waals surface area contributed by atoms with Gasteiger partial charge in [-0.05, 0) is 32.6 Å². The van der Waals surface area contributed by atoms with E-state index in [2.05, 4.69) is 4.72 Å². The lowest BCUT2D eigenvalue weighted by atomic mass is 9.91. The van der Waals surface area contributed by atoms with Crippen molar-refractivity contribution >= 4 is 10.0 Å². The summed E-state index contributed by atoms with van der Waals surface area (Å²) in [7, 11) is -3.32. The van der Waals surface area contributed by atoms with E-state index in [9.17, 15) is 8.42 Å². The van der Waals surface area contributed by atoms with Crippen molar-refractivity contribution in [3.63, 3.8) is 0 Å².